The number of halogens is 1. The number of piperidine rings is 1. The van der Waals surface area contributed by atoms with Gasteiger partial charge in [0.1, 0.15) is 0 Å². The maximum absolute atomic E-state index is 13.0. The largest absolute Gasteiger partial charge is 0.411 e. The van der Waals surface area contributed by atoms with Gasteiger partial charge in [-0.25, -0.2) is 8.42 Å². The molecule has 1 fully saturated rings. The summed E-state index contributed by atoms with van der Waals surface area (Å²) in [6, 6.07) is 13.3. The van der Waals surface area contributed by atoms with Gasteiger partial charge in [0.25, 0.3) is 5.22 Å². The van der Waals surface area contributed by atoms with Crippen molar-refractivity contribution in [2.24, 2.45) is 0 Å². The third-order valence-electron chi connectivity index (χ3n) is 5.20. The lowest BCUT2D eigenvalue weighted by Crippen LogP contribution is -2.35. The summed E-state index contributed by atoms with van der Waals surface area (Å²) >= 11 is 7.11. The molecule has 7 nitrogen and oxygen atoms in total. The van der Waals surface area contributed by atoms with Crippen LogP contribution in [0.15, 0.2) is 63.1 Å². The summed E-state index contributed by atoms with van der Waals surface area (Å²) in [5.41, 5.74) is 1.02. The second-order valence-electron chi connectivity index (χ2n) is 7.50. The Kier molecular flexibility index (Phi) is 6.99. The average Bonchev–Trinajstić information content (AvgIpc) is 3.27. The lowest BCUT2D eigenvalue weighted by molar-refractivity contribution is 0.0993. The van der Waals surface area contributed by atoms with Crippen LogP contribution < -0.4 is 0 Å². The van der Waals surface area contributed by atoms with E-state index in [0.717, 1.165) is 31.0 Å². The maximum Gasteiger partial charge on any atom is 0.277 e. The molecule has 4 rings (SSSR count). The zero-order valence-electron chi connectivity index (χ0n) is 17.4. The highest BCUT2D eigenvalue weighted by molar-refractivity contribution is 8.00. The molecule has 0 amide bonds. The molecule has 32 heavy (non-hydrogen) atoms. The number of thioether (sulfide) groups is 1. The van der Waals surface area contributed by atoms with Crippen LogP contribution in [0, 0.1) is 0 Å². The Morgan fingerprint density at radius 2 is 1.84 bits per heavy atom. The molecule has 1 aromatic heterocycles. The van der Waals surface area contributed by atoms with Crippen LogP contribution in [0.25, 0.3) is 11.5 Å². The summed E-state index contributed by atoms with van der Waals surface area (Å²) in [6.07, 6.45) is 2.79. The van der Waals surface area contributed by atoms with Gasteiger partial charge in [-0.15, -0.1) is 10.2 Å². The topological polar surface area (TPSA) is 93.4 Å². The fourth-order valence-corrected chi connectivity index (χ4v) is 6.01. The smallest absolute Gasteiger partial charge is 0.277 e. The van der Waals surface area contributed by atoms with Crippen molar-refractivity contribution in [2.75, 3.05) is 13.1 Å². The van der Waals surface area contributed by atoms with Crippen molar-refractivity contribution >= 4 is 39.2 Å². The highest BCUT2D eigenvalue weighted by atomic mass is 35.5. The van der Waals surface area contributed by atoms with Crippen molar-refractivity contribution in [2.45, 2.75) is 41.6 Å². The molecule has 0 spiro atoms. The SMILES string of the molecule is C[C@@H](Sc1nnc(-c2cccc(S(=O)(=O)N3CCCCC3)c2)o1)C(=O)c1cccc(Cl)c1. The summed E-state index contributed by atoms with van der Waals surface area (Å²) in [5.74, 6) is 0.0949. The zero-order chi connectivity index (χ0) is 22.7. The first-order valence-electron chi connectivity index (χ1n) is 10.2. The predicted molar refractivity (Wildman–Crippen MR) is 123 cm³/mol. The van der Waals surface area contributed by atoms with E-state index in [1.165, 1.54) is 4.31 Å². The van der Waals surface area contributed by atoms with Gasteiger partial charge >= 0.3 is 0 Å². The number of aromatic nitrogens is 2. The molecule has 1 aliphatic heterocycles. The molecule has 168 valence electrons. The Bertz CT molecular complexity index is 1220. The molecule has 0 bridgehead atoms. The number of nitrogens with zero attached hydrogens (tertiary/aromatic N) is 3. The molecule has 0 saturated carbocycles. The molecule has 0 unspecified atom stereocenters. The van der Waals surface area contributed by atoms with Crippen LogP contribution in [0.5, 0.6) is 0 Å². The highest BCUT2D eigenvalue weighted by Gasteiger charge is 2.27. The Balaban J connectivity index is 1.50. The summed E-state index contributed by atoms with van der Waals surface area (Å²) in [5, 5.41) is 8.32. The number of rotatable bonds is 7. The first kappa shape index (κ1) is 23.0. The minimum absolute atomic E-state index is 0.105. The molecule has 1 atom stereocenters. The molecule has 1 saturated heterocycles. The van der Waals surface area contributed by atoms with Crippen molar-refractivity contribution in [1.29, 1.82) is 0 Å². The van der Waals surface area contributed by atoms with Crippen LogP contribution in [-0.4, -0.2) is 47.0 Å². The summed E-state index contributed by atoms with van der Waals surface area (Å²) in [7, 11) is -3.57. The standard InChI is InChI=1S/C22H22ClN3O4S2/c1-15(20(27)16-7-5-9-18(23)13-16)31-22-25-24-21(30-22)17-8-6-10-19(14-17)32(28,29)26-11-3-2-4-12-26/h5-10,13-15H,2-4,11-12H2,1H3/t15-/m1/s1. The molecule has 0 radical (unpaired) electrons. The van der Waals surface area contributed by atoms with Crippen LogP contribution in [0.3, 0.4) is 0 Å². The number of ketones is 1. The Morgan fingerprint density at radius 1 is 1.09 bits per heavy atom. The van der Waals surface area contributed by atoms with Crippen LogP contribution >= 0.6 is 23.4 Å². The van der Waals surface area contributed by atoms with Crippen molar-refractivity contribution in [1.82, 2.24) is 14.5 Å². The first-order chi connectivity index (χ1) is 15.3. The number of hydrogen-bond donors (Lipinski definition) is 0. The van der Waals surface area contributed by atoms with Gasteiger partial charge in [0, 0.05) is 29.2 Å². The van der Waals surface area contributed by atoms with Gasteiger partial charge in [0.2, 0.25) is 15.9 Å². The summed E-state index contributed by atoms with van der Waals surface area (Å²) < 4.78 is 33.2. The fourth-order valence-electron chi connectivity index (χ4n) is 3.50. The molecule has 0 aliphatic carbocycles. The van der Waals surface area contributed by atoms with Gasteiger partial charge in [-0.2, -0.15) is 4.31 Å². The quantitative estimate of drug-likeness (QED) is 0.341. The Morgan fingerprint density at radius 3 is 2.59 bits per heavy atom. The number of sulfonamides is 1. The number of Topliss-reactive ketones (excluding diaryl/α,β-unsaturated/α-hetero) is 1. The van der Waals surface area contributed by atoms with E-state index in [9.17, 15) is 13.2 Å². The molecule has 1 aliphatic rings. The Labute approximate surface area is 196 Å². The molecule has 10 heteroatoms. The third-order valence-corrected chi connectivity index (χ3v) is 8.26. The number of hydrogen-bond acceptors (Lipinski definition) is 7. The normalized spacial score (nSPS) is 16.1. The van der Waals surface area contributed by atoms with E-state index in [1.807, 2.05) is 0 Å². The van der Waals surface area contributed by atoms with E-state index >= 15 is 0 Å². The van der Waals surface area contributed by atoms with E-state index in [-0.39, 0.29) is 21.8 Å². The van der Waals surface area contributed by atoms with E-state index in [0.29, 0.717) is 29.2 Å². The number of benzene rings is 2. The summed E-state index contributed by atoms with van der Waals surface area (Å²) in [4.78, 5) is 12.8. The zero-order valence-corrected chi connectivity index (χ0v) is 19.8. The maximum atomic E-state index is 13.0. The van der Waals surface area contributed by atoms with Crippen molar-refractivity contribution in [3.8, 4) is 11.5 Å². The van der Waals surface area contributed by atoms with Crippen LogP contribution in [0.2, 0.25) is 5.02 Å². The van der Waals surface area contributed by atoms with Gasteiger partial charge in [-0.05, 0) is 50.1 Å². The van der Waals surface area contributed by atoms with E-state index in [2.05, 4.69) is 10.2 Å². The predicted octanol–water partition coefficient (Wildman–Crippen LogP) is 4.93. The van der Waals surface area contributed by atoms with Crippen LogP contribution in [0.4, 0.5) is 0 Å². The summed E-state index contributed by atoms with van der Waals surface area (Å²) in [6.45, 7) is 2.82. The molecule has 2 heterocycles. The lowest BCUT2D eigenvalue weighted by Gasteiger charge is -2.25. The lowest BCUT2D eigenvalue weighted by atomic mass is 10.1. The van der Waals surface area contributed by atoms with Crippen LogP contribution in [-0.2, 0) is 10.0 Å². The van der Waals surface area contributed by atoms with Gasteiger partial charge in [0.15, 0.2) is 5.78 Å². The van der Waals surface area contributed by atoms with Crippen molar-refractivity contribution in [3.05, 3.63) is 59.1 Å². The third kappa shape index (κ3) is 5.06. The van der Waals surface area contributed by atoms with Gasteiger partial charge in [-0.3, -0.25) is 4.79 Å². The molecular formula is C22H22ClN3O4S2. The molecular weight excluding hydrogens is 470 g/mol. The van der Waals surface area contributed by atoms with Gasteiger partial charge < -0.3 is 4.42 Å². The molecule has 3 aromatic rings. The van der Waals surface area contributed by atoms with E-state index in [1.54, 1.807) is 55.5 Å². The van der Waals surface area contributed by atoms with Crippen LogP contribution in [0.1, 0.15) is 36.5 Å². The first-order valence-corrected chi connectivity index (χ1v) is 12.9. The Hall–Kier alpha value is -2.20. The van der Waals surface area contributed by atoms with E-state index in [4.69, 9.17) is 16.0 Å². The number of carbonyl (C=O) groups is 1. The molecule has 2 aromatic carbocycles. The fraction of sp³-hybridized carbons (Fsp3) is 0.318. The van der Waals surface area contributed by atoms with Gasteiger partial charge in [0.05, 0.1) is 10.1 Å². The highest BCUT2D eigenvalue weighted by Crippen LogP contribution is 2.30. The molecule has 0 N–H and O–H groups in total. The second-order valence-corrected chi connectivity index (χ2v) is 11.2. The van der Waals surface area contributed by atoms with Crippen molar-refractivity contribution in [3.63, 3.8) is 0 Å². The van der Waals surface area contributed by atoms with E-state index < -0.39 is 15.3 Å². The minimum Gasteiger partial charge on any atom is -0.411 e. The second kappa shape index (κ2) is 9.74. The number of carbonyl (C=O) groups excluding carboxylic acids is 1. The van der Waals surface area contributed by atoms with Gasteiger partial charge in [-0.1, -0.05) is 48.0 Å². The van der Waals surface area contributed by atoms with Crippen molar-refractivity contribution < 1.29 is 17.6 Å². The monoisotopic (exact) mass is 491 g/mol. The average molecular weight is 492 g/mol. The minimum atomic E-state index is -3.57.